The van der Waals surface area contributed by atoms with Gasteiger partial charge in [-0.05, 0) is 55.3 Å². The van der Waals surface area contributed by atoms with Crippen LogP contribution in [0, 0.1) is 6.92 Å². The molecule has 0 aliphatic rings. The van der Waals surface area contributed by atoms with E-state index in [0.717, 1.165) is 5.56 Å². The molecule has 156 valence electrons. The highest BCUT2D eigenvalue weighted by Crippen LogP contribution is 2.27. The van der Waals surface area contributed by atoms with E-state index in [1.807, 2.05) is 0 Å². The summed E-state index contributed by atoms with van der Waals surface area (Å²) in [6.45, 7) is 2.55. The van der Waals surface area contributed by atoms with Crippen LogP contribution in [0.5, 0.6) is 5.75 Å². The summed E-state index contributed by atoms with van der Waals surface area (Å²) in [6, 6.07) is 11.0. The Balaban J connectivity index is 1.43. The fourth-order valence-electron chi connectivity index (χ4n) is 2.67. The summed E-state index contributed by atoms with van der Waals surface area (Å²) < 4.78 is 5.05. The van der Waals surface area contributed by atoms with Gasteiger partial charge in [0.05, 0.1) is 16.1 Å². The fraction of sp³-hybridized carbons (Fsp3) is 0.190. The Bertz CT molecular complexity index is 1040. The molecule has 3 amide bonds. The molecule has 9 heteroatoms. The lowest BCUT2D eigenvalue weighted by atomic mass is 10.2. The summed E-state index contributed by atoms with van der Waals surface area (Å²) in [7, 11) is 0. The van der Waals surface area contributed by atoms with Gasteiger partial charge in [0, 0.05) is 18.7 Å². The number of nitrogens with one attached hydrogen (secondary N) is 3. The maximum atomic E-state index is 12.4. The van der Waals surface area contributed by atoms with Crippen LogP contribution in [0.4, 0.5) is 5.00 Å². The van der Waals surface area contributed by atoms with Crippen LogP contribution in [0.3, 0.4) is 0 Å². The van der Waals surface area contributed by atoms with Crippen molar-refractivity contribution >= 4 is 34.1 Å². The van der Waals surface area contributed by atoms with E-state index in [2.05, 4.69) is 16.0 Å². The number of hydrogen-bond donors (Lipinski definition) is 4. The normalized spacial score (nSPS) is 10.4. The minimum Gasteiger partial charge on any atom is -0.508 e. The van der Waals surface area contributed by atoms with Crippen LogP contribution in [-0.4, -0.2) is 35.9 Å². The summed E-state index contributed by atoms with van der Waals surface area (Å²) in [5, 5.41) is 18.2. The molecule has 3 aromatic rings. The lowest BCUT2D eigenvalue weighted by Gasteiger charge is -2.07. The first-order valence-corrected chi connectivity index (χ1v) is 10.1. The highest BCUT2D eigenvalue weighted by atomic mass is 32.1. The van der Waals surface area contributed by atoms with E-state index >= 15 is 0 Å². The number of benzene rings is 1. The number of rotatable bonds is 8. The Hall–Kier alpha value is -3.59. The van der Waals surface area contributed by atoms with Crippen LogP contribution >= 0.6 is 11.3 Å². The smallest absolute Gasteiger partial charge is 0.291 e. The van der Waals surface area contributed by atoms with Gasteiger partial charge in [-0.2, -0.15) is 0 Å². The second kappa shape index (κ2) is 9.75. The Labute approximate surface area is 176 Å². The fourth-order valence-corrected chi connectivity index (χ4v) is 3.66. The molecule has 4 N–H and O–H groups in total. The molecule has 8 nitrogen and oxygen atoms in total. The van der Waals surface area contributed by atoms with Crippen LogP contribution in [-0.2, 0) is 0 Å². The van der Waals surface area contributed by atoms with Crippen molar-refractivity contribution in [2.75, 3.05) is 18.4 Å². The van der Waals surface area contributed by atoms with Gasteiger partial charge in [0.1, 0.15) is 5.75 Å². The molecule has 0 unspecified atom stereocenters. The highest BCUT2D eigenvalue weighted by molar-refractivity contribution is 7.18. The summed E-state index contributed by atoms with van der Waals surface area (Å²) >= 11 is 1.18. The van der Waals surface area contributed by atoms with Crippen molar-refractivity contribution in [2.45, 2.75) is 13.3 Å². The number of carbonyl (C=O) groups is 3. The minimum absolute atomic E-state index is 0.0287. The lowest BCUT2D eigenvalue weighted by molar-refractivity contribution is 0.0950. The summed E-state index contributed by atoms with van der Waals surface area (Å²) in [6.07, 6.45) is 1.96. The third-order valence-corrected chi connectivity index (χ3v) is 5.29. The zero-order chi connectivity index (χ0) is 21.5. The predicted octanol–water partition coefficient (Wildman–Crippen LogP) is 3.16. The van der Waals surface area contributed by atoms with E-state index < -0.39 is 0 Å². The van der Waals surface area contributed by atoms with Gasteiger partial charge in [-0.1, -0.05) is 6.07 Å². The van der Waals surface area contributed by atoms with Crippen molar-refractivity contribution in [3.05, 3.63) is 70.5 Å². The van der Waals surface area contributed by atoms with E-state index in [9.17, 15) is 19.5 Å². The minimum atomic E-state index is -0.379. The number of carbonyl (C=O) groups excluding carboxylic acids is 3. The van der Waals surface area contributed by atoms with Gasteiger partial charge < -0.3 is 25.5 Å². The number of anilines is 1. The van der Waals surface area contributed by atoms with Crippen LogP contribution in [0.1, 0.15) is 42.6 Å². The highest BCUT2D eigenvalue weighted by Gasteiger charge is 2.16. The zero-order valence-electron chi connectivity index (χ0n) is 16.2. The number of furan rings is 1. The van der Waals surface area contributed by atoms with Crippen molar-refractivity contribution < 1.29 is 23.9 Å². The lowest BCUT2D eigenvalue weighted by Crippen LogP contribution is -2.29. The van der Waals surface area contributed by atoms with E-state index in [1.54, 1.807) is 37.3 Å². The largest absolute Gasteiger partial charge is 0.508 e. The topological polar surface area (TPSA) is 121 Å². The maximum absolute atomic E-state index is 12.4. The number of amides is 3. The molecule has 2 heterocycles. The predicted molar refractivity (Wildman–Crippen MR) is 113 cm³/mol. The van der Waals surface area contributed by atoms with Crippen molar-refractivity contribution in [3.63, 3.8) is 0 Å². The van der Waals surface area contributed by atoms with Crippen LogP contribution < -0.4 is 16.0 Å². The summed E-state index contributed by atoms with van der Waals surface area (Å²) in [5.74, 6) is -0.685. The van der Waals surface area contributed by atoms with Gasteiger partial charge in [0.2, 0.25) is 0 Å². The van der Waals surface area contributed by atoms with Crippen molar-refractivity contribution in [1.29, 1.82) is 0 Å². The van der Waals surface area contributed by atoms with Crippen LogP contribution in [0.2, 0.25) is 0 Å². The van der Waals surface area contributed by atoms with Crippen molar-refractivity contribution in [1.82, 2.24) is 10.6 Å². The first-order chi connectivity index (χ1) is 14.4. The van der Waals surface area contributed by atoms with Crippen LogP contribution in [0.15, 0.2) is 53.1 Å². The maximum Gasteiger partial charge on any atom is 0.291 e. The summed E-state index contributed by atoms with van der Waals surface area (Å²) in [5.41, 5.74) is 1.13. The first kappa shape index (κ1) is 21.1. The van der Waals surface area contributed by atoms with Gasteiger partial charge in [-0.3, -0.25) is 14.4 Å². The molecule has 0 aliphatic heterocycles. The molecule has 0 bridgehead atoms. The third-order valence-electron chi connectivity index (χ3n) is 4.14. The first-order valence-electron chi connectivity index (χ1n) is 9.25. The molecular weight excluding hydrogens is 406 g/mol. The van der Waals surface area contributed by atoms with Crippen LogP contribution in [0.25, 0.3) is 0 Å². The number of aromatic hydroxyl groups is 1. The number of phenolic OH excluding ortho intramolecular Hbond substituents is 1. The Morgan fingerprint density at radius 3 is 2.47 bits per heavy atom. The Morgan fingerprint density at radius 2 is 1.77 bits per heavy atom. The van der Waals surface area contributed by atoms with Gasteiger partial charge in [-0.25, -0.2) is 0 Å². The molecule has 0 fully saturated rings. The molecule has 0 spiro atoms. The standard InChI is InChI=1S/C21H21N3O5S/c1-13-11-17(24-20(27)16-7-3-10-29-16)30-18(13)21(28)23-9-4-8-22-19(26)14-5-2-6-15(25)12-14/h2-3,5-7,10-12,25H,4,8-9H2,1H3,(H,22,26)(H,23,28)(H,24,27). The molecule has 0 radical (unpaired) electrons. The number of aryl methyl sites for hydroxylation is 1. The van der Waals surface area contributed by atoms with Crippen molar-refractivity contribution in [3.8, 4) is 5.75 Å². The van der Waals surface area contributed by atoms with Gasteiger partial charge in [0.15, 0.2) is 5.76 Å². The summed E-state index contributed by atoms with van der Waals surface area (Å²) in [4.78, 5) is 36.9. The molecule has 3 rings (SSSR count). The molecule has 0 saturated carbocycles. The van der Waals surface area contributed by atoms with Gasteiger partial charge >= 0.3 is 0 Å². The third kappa shape index (κ3) is 5.48. The second-order valence-electron chi connectivity index (χ2n) is 6.47. The van der Waals surface area contributed by atoms with Crippen molar-refractivity contribution in [2.24, 2.45) is 0 Å². The van der Waals surface area contributed by atoms with E-state index in [4.69, 9.17) is 4.42 Å². The monoisotopic (exact) mass is 427 g/mol. The van der Waals surface area contributed by atoms with E-state index in [0.29, 0.717) is 35.0 Å². The number of thiophene rings is 1. The molecule has 0 aliphatic carbocycles. The Kier molecular flexibility index (Phi) is 6.87. The molecule has 0 saturated heterocycles. The quantitative estimate of drug-likeness (QED) is 0.412. The zero-order valence-corrected chi connectivity index (χ0v) is 17.0. The Morgan fingerprint density at radius 1 is 1.00 bits per heavy atom. The molecule has 1 aromatic carbocycles. The SMILES string of the molecule is Cc1cc(NC(=O)c2ccco2)sc1C(=O)NCCCNC(=O)c1cccc(O)c1. The average molecular weight is 427 g/mol. The number of hydrogen-bond acceptors (Lipinski definition) is 6. The number of phenols is 1. The molecule has 2 aromatic heterocycles. The second-order valence-corrected chi connectivity index (χ2v) is 7.52. The van der Waals surface area contributed by atoms with E-state index in [-0.39, 0.29) is 29.2 Å². The average Bonchev–Trinajstić information content (AvgIpc) is 3.37. The molecule has 30 heavy (non-hydrogen) atoms. The van der Waals surface area contributed by atoms with Gasteiger partial charge in [0.25, 0.3) is 17.7 Å². The molecule has 0 atom stereocenters. The van der Waals surface area contributed by atoms with E-state index in [1.165, 1.54) is 29.7 Å². The molecular formula is C21H21N3O5S. The van der Waals surface area contributed by atoms with Gasteiger partial charge in [-0.15, -0.1) is 11.3 Å².